The molecule has 0 saturated carbocycles. The fraction of sp³-hybridized carbons (Fsp3) is 0.190. The van der Waals surface area contributed by atoms with Gasteiger partial charge in [0.1, 0.15) is 10.9 Å². The van der Waals surface area contributed by atoms with Crippen molar-refractivity contribution in [2.75, 3.05) is 6.54 Å². The molecule has 1 unspecified atom stereocenters. The molecule has 5 rings (SSSR count). The monoisotopic (exact) mass is 440 g/mol. The molecule has 7 nitrogen and oxygen atoms in total. The molecule has 1 aliphatic rings. The maximum absolute atomic E-state index is 13.5. The Kier molecular flexibility index (Phi) is 4.77. The first-order valence-corrected chi connectivity index (χ1v) is 11.3. The predicted molar refractivity (Wildman–Crippen MR) is 112 cm³/mol. The molecule has 0 spiro atoms. The van der Waals surface area contributed by atoms with Gasteiger partial charge in [-0.1, -0.05) is 47.1 Å². The van der Waals surface area contributed by atoms with E-state index in [-0.39, 0.29) is 10.8 Å². The zero-order valence-corrected chi connectivity index (χ0v) is 17.3. The lowest BCUT2D eigenvalue weighted by Gasteiger charge is -2.21. The third kappa shape index (κ3) is 3.27. The van der Waals surface area contributed by atoms with Crippen molar-refractivity contribution in [3.63, 3.8) is 0 Å². The Morgan fingerprint density at radius 2 is 1.93 bits per heavy atom. The van der Waals surface area contributed by atoms with Crippen molar-refractivity contribution in [1.82, 2.24) is 19.4 Å². The number of hydrogen-bond acceptors (Lipinski definition) is 6. The Labute approximate surface area is 178 Å². The molecule has 9 heteroatoms. The molecule has 0 bridgehead atoms. The van der Waals surface area contributed by atoms with Crippen molar-refractivity contribution in [3.8, 4) is 11.4 Å². The van der Waals surface area contributed by atoms with Crippen LogP contribution in [0, 0.1) is 0 Å². The molecule has 3 heterocycles. The summed E-state index contributed by atoms with van der Waals surface area (Å²) in [7, 11) is -3.80. The van der Waals surface area contributed by atoms with Crippen LogP contribution in [0.5, 0.6) is 0 Å². The van der Waals surface area contributed by atoms with E-state index in [0.717, 1.165) is 5.39 Å². The summed E-state index contributed by atoms with van der Waals surface area (Å²) in [5.41, 5.74) is 1.17. The van der Waals surface area contributed by atoms with Gasteiger partial charge < -0.3 is 4.52 Å². The van der Waals surface area contributed by atoms with Crippen LogP contribution in [0.3, 0.4) is 0 Å². The third-order valence-electron chi connectivity index (χ3n) is 5.20. The molecule has 1 atom stereocenters. The van der Waals surface area contributed by atoms with Crippen molar-refractivity contribution < 1.29 is 12.9 Å². The average molecular weight is 441 g/mol. The number of fused-ring (bicyclic) bond motifs is 1. The quantitative estimate of drug-likeness (QED) is 0.465. The molecule has 1 saturated heterocycles. The number of aromatic nitrogens is 3. The predicted octanol–water partition coefficient (Wildman–Crippen LogP) is 4.46. The van der Waals surface area contributed by atoms with E-state index in [2.05, 4.69) is 15.1 Å². The fourth-order valence-electron chi connectivity index (χ4n) is 3.80. The highest BCUT2D eigenvalue weighted by Crippen LogP contribution is 2.37. The molecule has 2 aromatic heterocycles. The Hall–Kier alpha value is -2.81. The van der Waals surface area contributed by atoms with Crippen LogP contribution in [0.25, 0.3) is 22.3 Å². The lowest BCUT2D eigenvalue weighted by molar-refractivity contribution is 0.291. The number of halogens is 1. The highest BCUT2D eigenvalue weighted by atomic mass is 35.5. The molecule has 0 amide bonds. The van der Waals surface area contributed by atoms with Gasteiger partial charge in [-0.05, 0) is 37.1 Å². The topological polar surface area (TPSA) is 89.2 Å². The van der Waals surface area contributed by atoms with Crippen molar-refractivity contribution in [3.05, 3.63) is 71.7 Å². The van der Waals surface area contributed by atoms with E-state index in [1.165, 1.54) is 4.31 Å². The molecular weight excluding hydrogens is 424 g/mol. The molecule has 1 aliphatic heterocycles. The zero-order chi connectivity index (χ0) is 20.7. The van der Waals surface area contributed by atoms with E-state index in [9.17, 15) is 8.42 Å². The second-order valence-electron chi connectivity index (χ2n) is 7.07. The van der Waals surface area contributed by atoms with Gasteiger partial charge in [-0.25, -0.2) is 8.42 Å². The summed E-state index contributed by atoms with van der Waals surface area (Å²) in [6.45, 7) is 0.380. The summed E-state index contributed by atoms with van der Waals surface area (Å²) < 4.78 is 34.0. The fourth-order valence-corrected chi connectivity index (χ4v) is 5.81. The van der Waals surface area contributed by atoms with Gasteiger partial charge in [0.25, 0.3) is 0 Å². The third-order valence-corrected chi connectivity index (χ3v) is 7.37. The van der Waals surface area contributed by atoms with Crippen molar-refractivity contribution in [2.45, 2.75) is 23.8 Å². The molecule has 152 valence electrons. The first kappa shape index (κ1) is 19.2. The number of sulfonamides is 1. The summed E-state index contributed by atoms with van der Waals surface area (Å²) in [5, 5.41) is 5.37. The largest absolute Gasteiger partial charge is 0.337 e. The van der Waals surface area contributed by atoms with Crippen LogP contribution < -0.4 is 0 Å². The maximum Gasteiger partial charge on any atom is 0.245 e. The Morgan fingerprint density at radius 3 is 2.80 bits per heavy atom. The van der Waals surface area contributed by atoms with Crippen molar-refractivity contribution in [1.29, 1.82) is 0 Å². The minimum absolute atomic E-state index is 0.182. The molecule has 2 aromatic carbocycles. The van der Waals surface area contributed by atoms with Crippen LogP contribution in [0.4, 0.5) is 0 Å². The minimum Gasteiger partial charge on any atom is -0.337 e. The Bertz CT molecular complexity index is 1330. The average Bonchev–Trinajstić information content (AvgIpc) is 3.43. The van der Waals surface area contributed by atoms with Crippen LogP contribution in [0.1, 0.15) is 24.8 Å². The lowest BCUT2D eigenvalue weighted by atomic mass is 10.2. The van der Waals surface area contributed by atoms with Gasteiger partial charge >= 0.3 is 0 Å². The number of pyridine rings is 1. The van der Waals surface area contributed by atoms with E-state index in [0.29, 0.717) is 41.3 Å². The number of rotatable bonds is 4. The van der Waals surface area contributed by atoms with Gasteiger partial charge in [0.05, 0.1) is 5.52 Å². The molecule has 0 N–H and O–H groups in total. The SMILES string of the molecule is O=S(=O)(c1cccc2cccnc12)N1CCCC1c1nc(-c2cccc(Cl)c2)no1. The van der Waals surface area contributed by atoms with E-state index in [4.69, 9.17) is 16.1 Å². The lowest BCUT2D eigenvalue weighted by Crippen LogP contribution is -2.31. The first-order valence-electron chi connectivity index (χ1n) is 9.49. The van der Waals surface area contributed by atoms with Crippen LogP contribution in [-0.2, 0) is 10.0 Å². The van der Waals surface area contributed by atoms with Gasteiger partial charge in [-0.3, -0.25) is 4.98 Å². The molecule has 4 aromatic rings. The van der Waals surface area contributed by atoms with Crippen LogP contribution in [0.15, 0.2) is 70.2 Å². The summed E-state index contributed by atoms with van der Waals surface area (Å²) in [4.78, 5) is 8.95. The van der Waals surface area contributed by atoms with Gasteiger partial charge in [0.2, 0.25) is 21.7 Å². The van der Waals surface area contributed by atoms with E-state index < -0.39 is 16.1 Å². The summed E-state index contributed by atoms with van der Waals surface area (Å²) in [6.07, 6.45) is 2.91. The van der Waals surface area contributed by atoms with Crippen molar-refractivity contribution >= 4 is 32.5 Å². The zero-order valence-electron chi connectivity index (χ0n) is 15.8. The normalized spacial score (nSPS) is 17.6. The van der Waals surface area contributed by atoms with Gasteiger partial charge in [0, 0.05) is 28.7 Å². The summed E-state index contributed by atoms with van der Waals surface area (Å²) >= 11 is 6.05. The van der Waals surface area contributed by atoms with E-state index in [1.54, 1.807) is 42.6 Å². The molecule has 0 radical (unpaired) electrons. The number of hydrogen-bond donors (Lipinski definition) is 0. The highest BCUT2D eigenvalue weighted by molar-refractivity contribution is 7.89. The Balaban J connectivity index is 1.52. The van der Waals surface area contributed by atoms with Crippen LogP contribution in [0.2, 0.25) is 5.02 Å². The first-order chi connectivity index (χ1) is 14.5. The number of para-hydroxylation sites is 1. The van der Waals surface area contributed by atoms with Gasteiger partial charge in [-0.15, -0.1) is 0 Å². The summed E-state index contributed by atoms with van der Waals surface area (Å²) in [6, 6.07) is 15.4. The number of benzene rings is 2. The molecule has 1 fully saturated rings. The number of nitrogens with zero attached hydrogens (tertiary/aromatic N) is 4. The van der Waals surface area contributed by atoms with Gasteiger partial charge in [-0.2, -0.15) is 9.29 Å². The smallest absolute Gasteiger partial charge is 0.245 e. The molecular formula is C21H17ClN4O3S. The van der Waals surface area contributed by atoms with Crippen LogP contribution in [-0.4, -0.2) is 34.4 Å². The maximum atomic E-state index is 13.5. The Morgan fingerprint density at radius 1 is 1.10 bits per heavy atom. The van der Waals surface area contributed by atoms with Gasteiger partial charge in [0.15, 0.2) is 0 Å². The summed E-state index contributed by atoms with van der Waals surface area (Å²) in [5.74, 6) is 0.655. The van der Waals surface area contributed by atoms with E-state index >= 15 is 0 Å². The van der Waals surface area contributed by atoms with Crippen LogP contribution >= 0.6 is 11.6 Å². The second kappa shape index (κ2) is 7.46. The standard InChI is InChI=1S/C21H17ClN4O3S/c22-16-8-1-6-15(13-16)20-24-21(29-25-20)17-9-4-12-26(17)30(27,28)18-10-2-5-14-7-3-11-23-19(14)18/h1-3,5-8,10-11,13,17H,4,9,12H2. The molecule has 30 heavy (non-hydrogen) atoms. The highest BCUT2D eigenvalue weighted by Gasteiger charge is 2.40. The van der Waals surface area contributed by atoms with Crippen molar-refractivity contribution in [2.24, 2.45) is 0 Å². The van der Waals surface area contributed by atoms with E-state index in [1.807, 2.05) is 18.2 Å². The minimum atomic E-state index is -3.80. The second-order valence-corrected chi connectivity index (χ2v) is 9.37. The molecule has 0 aliphatic carbocycles.